The maximum absolute atomic E-state index is 13.7. The first-order valence-corrected chi connectivity index (χ1v) is 11.1. The SMILES string of the molecule is CCCNS(=O)(=O)Nc1nc2ccccc2nc1OC(c1cnc(C)s1)C(F)(F)F. The second-order valence-corrected chi connectivity index (χ2v) is 8.95. The maximum Gasteiger partial charge on any atom is 0.430 e. The molecule has 2 aromatic heterocycles. The number of thiazole rings is 1. The Labute approximate surface area is 174 Å². The molecule has 0 saturated carbocycles. The molecule has 30 heavy (non-hydrogen) atoms. The van der Waals surface area contributed by atoms with Crippen molar-refractivity contribution in [1.29, 1.82) is 0 Å². The number of hydrogen-bond acceptors (Lipinski definition) is 7. The van der Waals surface area contributed by atoms with Gasteiger partial charge < -0.3 is 4.74 Å². The van der Waals surface area contributed by atoms with Crippen LogP contribution >= 0.6 is 11.3 Å². The summed E-state index contributed by atoms with van der Waals surface area (Å²) in [5, 5.41) is 0.428. The summed E-state index contributed by atoms with van der Waals surface area (Å²) < 4.78 is 75.1. The Morgan fingerprint density at radius 2 is 1.87 bits per heavy atom. The van der Waals surface area contributed by atoms with Gasteiger partial charge >= 0.3 is 6.18 Å². The Morgan fingerprint density at radius 3 is 2.43 bits per heavy atom. The summed E-state index contributed by atoms with van der Waals surface area (Å²) in [5.41, 5.74) is 0.536. The van der Waals surface area contributed by atoms with Crippen molar-refractivity contribution >= 4 is 38.4 Å². The lowest BCUT2D eigenvalue weighted by Crippen LogP contribution is -2.32. The highest BCUT2D eigenvalue weighted by atomic mass is 32.2. The highest BCUT2D eigenvalue weighted by Crippen LogP contribution is 2.40. The summed E-state index contributed by atoms with van der Waals surface area (Å²) >= 11 is 0.820. The second-order valence-electron chi connectivity index (χ2n) is 6.19. The summed E-state index contributed by atoms with van der Waals surface area (Å²) in [6.07, 6.45) is -5.58. The number of ether oxygens (including phenoxy) is 1. The number of nitrogens with one attached hydrogen (secondary N) is 2. The van der Waals surface area contributed by atoms with Crippen molar-refractivity contribution < 1.29 is 26.3 Å². The van der Waals surface area contributed by atoms with Crippen molar-refractivity contribution in [2.75, 3.05) is 11.3 Å². The summed E-state index contributed by atoms with van der Waals surface area (Å²) in [5.74, 6) is -1.04. The van der Waals surface area contributed by atoms with E-state index in [0.29, 0.717) is 11.4 Å². The van der Waals surface area contributed by atoms with Crippen molar-refractivity contribution in [2.45, 2.75) is 32.5 Å². The zero-order valence-corrected chi connectivity index (χ0v) is 17.5. The van der Waals surface area contributed by atoms with E-state index in [1.54, 1.807) is 32.0 Å². The van der Waals surface area contributed by atoms with Crippen LogP contribution in [0.1, 0.15) is 29.3 Å². The number of rotatable bonds is 8. The molecule has 0 aliphatic rings. The molecule has 1 unspecified atom stereocenters. The molecule has 13 heteroatoms. The molecular weight excluding hydrogens is 443 g/mol. The smallest absolute Gasteiger partial charge is 0.430 e. The molecule has 2 N–H and O–H groups in total. The van der Waals surface area contributed by atoms with E-state index < -0.39 is 34.2 Å². The minimum atomic E-state index is -4.79. The van der Waals surface area contributed by atoms with Gasteiger partial charge in [-0.15, -0.1) is 11.3 Å². The van der Waals surface area contributed by atoms with Gasteiger partial charge in [-0.25, -0.2) is 15.0 Å². The number of benzene rings is 1. The first-order chi connectivity index (χ1) is 14.1. The van der Waals surface area contributed by atoms with Crippen LogP contribution in [-0.4, -0.2) is 36.1 Å². The van der Waals surface area contributed by atoms with Gasteiger partial charge in [0.15, 0.2) is 0 Å². The average Bonchev–Trinajstić information content (AvgIpc) is 3.09. The van der Waals surface area contributed by atoms with Gasteiger partial charge in [0.1, 0.15) is 0 Å². The molecule has 1 aromatic carbocycles. The molecule has 0 fully saturated rings. The molecule has 0 bridgehead atoms. The third-order valence-corrected chi connectivity index (χ3v) is 5.74. The minimum absolute atomic E-state index is 0.137. The summed E-state index contributed by atoms with van der Waals surface area (Å²) in [6.45, 7) is 3.46. The molecule has 0 radical (unpaired) electrons. The van der Waals surface area contributed by atoms with E-state index in [2.05, 4.69) is 24.4 Å². The Hall–Kier alpha value is -2.51. The van der Waals surface area contributed by atoms with E-state index in [9.17, 15) is 21.6 Å². The number of alkyl halides is 3. The molecule has 0 aliphatic carbocycles. The molecular formula is C17H18F3N5O3S2. The van der Waals surface area contributed by atoms with E-state index in [4.69, 9.17) is 4.74 Å². The lowest BCUT2D eigenvalue weighted by Gasteiger charge is -2.21. The van der Waals surface area contributed by atoms with E-state index in [-0.39, 0.29) is 22.5 Å². The minimum Gasteiger partial charge on any atom is -0.456 e. The van der Waals surface area contributed by atoms with Crippen LogP contribution in [0, 0.1) is 6.92 Å². The number of halogens is 3. The molecule has 0 saturated heterocycles. The fourth-order valence-corrected chi connectivity index (χ4v) is 4.20. The van der Waals surface area contributed by atoms with Crippen LogP contribution in [0.4, 0.5) is 19.0 Å². The highest BCUT2D eigenvalue weighted by Gasteiger charge is 2.45. The zero-order chi connectivity index (χ0) is 21.9. The van der Waals surface area contributed by atoms with Crippen molar-refractivity contribution in [1.82, 2.24) is 19.7 Å². The van der Waals surface area contributed by atoms with Crippen LogP contribution in [0.15, 0.2) is 30.5 Å². The molecule has 0 amide bonds. The van der Waals surface area contributed by atoms with Crippen molar-refractivity contribution in [3.8, 4) is 5.88 Å². The largest absolute Gasteiger partial charge is 0.456 e. The van der Waals surface area contributed by atoms with Crippen LogP contribution in [0.3, 0.4) is 0 Å². The topological polar surface area (TPSA) is 106 Å². The number of nitrogens with zero attached hydrogens (tertiary/aromatic N) is 3. The van der Waals surface area contributed by atoms with Crippen LogP contribution in [0.5, 0.6) is 5.88 Å². The summed E-state index contributed by atoms with van der Waals surface area (Å²) in [6, 6.07) is 6.35. The number of fused-ring (bicyclic) bond motifs is 1. The summed E-state index contributed by atoms with van der Waals surface area (Å²) in [7, 11) is -4.09. The quantitative estimate of drug-likeness (QED) is 0.530. The zero-order valence-electron chi connectivity index (χ0n) is 15.9. The Balaban J connectivity index is 2.05. The maximum atomic E-state index is 13.7. The molecule has 3 rings (SSSR count). The highest BCUT2D eigenvalue weighted by molar-refractivity contribution is 7.90. The lowest BCUT2D eigenvalue weighted by atomic mass is 10.3. The summed E-state index contributed by atoms with van der Waals surface area (Å²) in [4.78, 5) is 11.8. The molecule has 8 nitrogen and oxygen atoms in total. The Bertz CT molecular complexity index is 1140. The standard InChI is InChI=1S/C17H18F3N5O3S2/c1-3-8-22-30(26,27)25-15-16(24-12-7-5-4-6-11(12)23-15)28-14(17(18,19)20)13-9-21-10(2)29-13/h4-7,9,14,22H,3,8H2,1-2H3,(H,23,25). The molecule has 0 aliphatic heterocycles. The number of aromatic nitrogens is 3. The molecule has 162 valence electrons. The van der Waals surface area contributed by atoms with Gasteiger partial charge in [-0.3, -0.25) is 4.72 Å². The van der Waals surface area contributed by atoms with Crippen molar-refractivity contribution in [3.05, 3.63) is 40.3 Å². The molecule has 3 aromatic rings. The van der Waals surface area contributed by atoms with Crippen molar-refractivity contribution in [2.24, 2.45) is 0 Å². The third-order valence-electron chi connectivity index (χ3n) is 3.74. The normalized spacial score (nSPS) is 13.4. The van der Waals surface area contributed by atoms with E-state index >= 15 is 0 Å². The lowest BCUT2D eigenvalue weighted by molar-refractivity contribution is -0.197. The first kappa shape index (κ1) is 22.2. The van der Waals surface area contributed by atoms with Gasteiger partial charge in [-0.2, -0.15) is 26.3 Å². The van der Waals surface area contributed by atoms with E-state index in [0.717, 1.165) is 17.5 Å². The molecule has 1 atom stereocenters. The van der Waals surface area contributed by atoms with Crippen LogP contribution < -0.4 is 14.2 Å². The predicted molar refractivity (Wildman–Crippen MR) is 107 cm³/mol. The van der Waals surface area contributed by atoms with Crippen molar-refractivity contribution in [3.63, 3.8) is 0 Å². The monoisotopic (exact) mass is 461 g/mol. The van der Waals surface area contributed by atoms with Gasteiger partial charge in [0.05, 0.1) is 20.9 Å². The van der Waals surface area contributed by atoms with Crippen LogP contribution in [-0.2, 0) is 10.2 Å². The van der Waals surface area contributed by atoms with Crippen LogP contribution in [0.2, 0.25) is 0 Å². The number of hydrogen-bond donors (Lipinski definition) is 2. The van der Waals surface area contributed by atoms with E-state index in [1.807, 2.05) is 0 Å². The average molecular weight is 461 g/mol. The van der Waals surface area contributed by atoms with Gasteiger partial charge in [0, 0.05) is 12.7 Å². The molecule has 0 spiro atoms. The predicted octanol–water partition coefficient (Wildman–Crippen LogP) is 3.73. The molecule has 2 heterocycles. The number of anilines is 1. The number of aryl methyl sites for hydroxylation is 1. The van der Waals surface area contributed by atoms with Gasteiger partial charge in [-0.1, -0.05) is 19.1 Å². The third kappa shape index (κ3) is 5.34. The fraction of sp³-hybridized carbons (Fsp3) is 0.353. The number of para-hydroxylation sites is 2. The van der Waals surface area contributed by atoms with Gasteiger partial charge in [-0.05, 0) is 25.5 Å². The first-order valence-electron chi connectivity index (χ1n) is 8.79. The Kier molecular flexibility index (Phi) is 6.43. The Morgan fingerprint density at radius 1 is 1.20 bits per heavy atom. The van der Waals surface area contributed by atoms with Gasteiger partial charge in [0.2, 0.25) is 11.9 Å². The second kappa shape index (κ2) is 8.70. The van der Waals surface area contributed by atoms with Gasteiger partial charge in [0.25, 0.3) is 16.1 Å². The van der Waals surface area contributed by atoms with Crippen LogP contribution in [0.25, 0.3) is 11.0 Å². The fourth-order valence-electron chi connectivity index (χ4n) is 2.43. The van der Waals surface area contributed by atoms with E-state index in [1.165, 1.54) is 6.07 Å².